The van der Waals surface area contributed by atoms with Crippen molar-refractivity contribution in [1.82, 2.24) is 4.90 Å². The van der Waals surface area contributed by atoms with Crippen molar-refractivity contribution >= 4 is 29.1 Å². The van der Waals surface area contributed by atoms with Gasteiger partial charge in [-0.25, -0.2) is 0 Å². The number of carbonyl (C=O) groups is 2. The molecule has 5 heteroatoms. The van der Waals surface area contributed by atoms with Gasteiger partial charge in [-0.15, -0.1) is 0 Å². The lowest BCUT2D eigenvalue weighted by atomic mass is 10.0. The Morgan fingerprint density at radius 3 is 2.27 bits per heavy atom. The maximum Gasteiger partial charge on any atom is 0.240 e. The van der Waals surface area contributed by atoms with Crippen LogP contribution in [-0.2, 0) is 16.1 Å². The number of hydrogen-bond acceptors (Lipinski definition) is 2. The molecule has 4 nitrogen and oxygen atoms in total. The van der Waals surface area contributed by atoms with Gasteiger partial charge in [0.1, 0.15) is 5.41 Å². The average Bonchev–Trinajstić information content (AvgIpc) is 3.44. The Hall–Kier alpha value is -2.33. The Kier molecular flexibility index (Phi) is 5.33. The van der Waals surface area contributed by atoms with Crippen LogP contribution >= 0.6 is 11.6 Å². The molecule has 0 atom stereocenters. The molecule has 136 valence electrons. The molecular formula is C21H23ClN2O2. The van der Waals surface area contributed by atoms with Gasteiger partial charge in [-0.2, -0.15) is 0 Å². The van der Waals surface area contributed by atoms with Crippen molar-refractivity contribution in [1.29, 1.82) is 0 Å². The summed E-state index contributed by atoms with van der Waals surface area (Å²) in [6, 6.07) is 16.9. The number of para-hydroxylation sites is 1. The average molecular weight is 371 g/mol. The molecule has 3 rings (SSSR count). The lowest BCUT2D eigenvalue weighted by Gasteiger charge is -2.30. The molecule has 0 heterocycles. The molecule has 0 spiro atoms. The summed E-state index contributed by atoms with van der Waals surface area (Å²) in [7, 11) is 0. The molecule has 26 heavy (non-hydrogen) atoms. The molecule has 0 bridgehead atoms. The van der Waals surface area contributed by atoms with E-state index in [0.29, 0.717) is 30.1 Å². The topological polar surface area (TPSA) is 49.4 Å². The van der Waals surface area contributed by atoms with Crippen molar-refractivity contribution < 1.29 is 9.59 Å². The van der Waals surface area contributed by atoms with Crippen LogP contribution in [0.25, 0.3) is 0 Å². The zero-order valence-electron chi connectivity index (χ0n) is 15.0. The largest absolute Gasteiger partial charge is 0.335 e. The van der Waals surface area contributed by atoms with Crippen molar-refractivity contribution in [3.8, 4) is 0 Å². The summed E-state index contributed by atoms with van der Waals surface area (Å²) in [5, 5.41) is 3.30. The predicted molar refractivity (Wildman–Crippen MR) is 104 cm³/mol. The van der Waals surface area contributed by atoms with Gasteiger partial charge in [-0.3, -0.25) is 9.59 Å². The third kappa shape index (κ3) is 3.75. The molecule has 2 aromatic rings. The van der Waals surface area contributed by atoms with Gasteiger partial charge >= 0.3 is 0 Å². The highest BCUT2D eigenvalue weighted by molar-refractivity contribution is 6.34. The SMILES string of the molecule is CC(C)N(Cc1ccccc1)C(=O)C1(C(=O)Nc2ccccc2Cl)CC1. The predicted octanol–water partition coefficient (Wildman–Crippen LogP) is 4.50. The molecule has 0 aromatic heterocycles. The fourth-order valence-corrected chi connectivity index (χ4v) is 3.19. The van der Waals surface area contributed by atoms with Crippen LogP contribution in [0, 0.1) is 5.41 Å². The fraction of sp³-hybridized carbons (Fsp3) is 0.333. The highest BCUT2D eigenvalue weighted by atomic mass is 35.5. The smallest absolute Gasteiger partial charge is 0.240 e. The normalized spacial score (nSPS) is 14.8. The van der Waals surface area contributed by atoms with Crippen LogP contribution in [0.5, 0.6) is 0 Å². The van der Waals surface area contributed by atoms with Gasteiger partial charge in [0.2, 0.25) is 11.8 Å². The van der Waals surface area contributed by atoms with Gasteiger partial charge in [0.25, 0.3) is 0 Å². The van der Waals surface area contributed by atoms with E-state index in [9.17, 15) is 9.59 Å². The van der Waals surface area contributed by atoms with Gasteiger partial charge in [0.05, 0.1) is 10.7 Å². The number of hydrogen-bond donors (Lipinski definition) is 1. The third-order valence-corrected chi connectivity index (χ3v) is 5.13. The van der Waals surface area contributed by atoms with Crippen LogP contribution in [0.15, 0.2) is 54.6 Å². The first-order valence-electron chi connectivity index (χ1n) is 8.85. The van der Waals surface area contributed by atoms with Crippen molar-refractivity contribution in [3.63, 3.8) is 0 Å². The first-order chi connectivity index (χ1) is 12.4. The standard InChI is InChI=1S/C21H23ClN2O2/c1-15(2)24(14-16-8-4-3-5-9-16)20(26)21(12-13-21)19(25)23-18-11-7-6-10-17(18)22/h3-11,15H,12-14H2,1-2H3,(H,23,25). The minimum absolute atomic E-state index is 0.00768. The van der Waals surface area contributed by atoms with E-state index in [1.54, 1.807) is 29.2 Å². The second-order valence-electron chi connectivity index (χ2n) is 7.03. The maximum atomic E-state index is 13.2. The Morgan fingerprint density at radius 2 is 1.69 bits per heavy atom. The van der Waals surface area contributed by atoms with E-state index in [2.05, 4.69) is 5.32 Å². The van der Waals surface area contributed by atoms with Crippen molar-refractivity contribution in [2.75, 3.05) is 5.32 Å². The number of carbonyl (C=O) groups excluding carboxylic acids is 2. The molecule has 1 aliphatic rings. The second kappa shape index (κ2) is 7.50. The number of amides is 2. The number of halogens is 1. The monoisotopic (exact) mass is 370 g/mol. The Bertz CT molecular complexity index is 801. The Labute approximate surface area is 159 Å². The summed E-state index contributed by atoms with van der Waals surface area (Å²) in [4.78, 5) is 27.9. The number of nitrogens with one attached hydrogen (secondary N) is 1. The van der Waals surface area contributed by atoms with Crippen LogP contribution in [0.3, 0.4) is 0 Å². The molecule has 0 radical (unpaired) electrons. The summed E-state index contributed by atoms with van der Waals surface area (Å²) in [6.45, 7) is 4.45. The summed E-state index contributed by atoms with van der Waals surface area (Å²) >= 11 is 6.13. The van der Waals surface area contributed by atoms with E-state index in [1.165, 1.54) is 0 Å². The van der Waals surface area contributed by atoms with Crippen molar-refractivity contribution in [2.45, 2.75) is 39.3 Å². The lowest BCUT2D eigenvalue weighted by Crippen LogP contribution is -2.45. The maximum absolute atomic E-state index is 13.2. The van der Waals surface area contributed by atoms with Gasteiger partial charge in [0, 0.05) is 12.6 Å². The highest BCUT2D eigenvalue weighted by Crippen LogP contribution is 2.49. The molecule has 1 aliphatic carbocycles. The molecule has 2 amide bonds. The summed E-state index contributed by atoms with van der Waals surface area (Å²) in [6.07, 6.45) is 1.14. The molecular weight excluding hydrogens is 348 g/mol. The first kappa shape index (κ1) is 18.5. The van der Waals surface area contributed by atoms with Gasteiger partial charge in [-0.05, 0) is 44.4 Å². The van der Waals surface area contributed by atoms with Crippen molar-refractivity contribution in [2.24, 2.45) is 5.41 Å². The van der Waals surface area contributed by atoms with E-state index in [4.69, 9.17) is 11.6 Å². The summed E-state index contributed by atoms with van der Waals surface area (Å²) in [5.41, 5.74) is 0.618. The summed E-state index contributed by atoms with van der Waals surface area (Å²) in [5.74, 6) is -0.379. The molecule has 1 saturated carbocycles. The quantitative estimate of drug-likeness (QED) is 0.761. The van der Waals surface area contributed by atoms with Gasteiger partial charge < -0.3 is 10.2 Å². The van der Waals surface area contributed by atoms with E-state index in [0.717, 1.165) is 5.56 Å². The van der Waals surface area contributed by atoms with Crippen LogP contribution in [0.4, 0.5) is 5.69 Å². The van der Waals surface area contributed by atoms with Crippen LogP contribution in [-0.4, -0.2) is 22.8 Å². The first-order valence-corrected chi connectivity index (χ1v) is 9.23. The molecule has 1 fully saturated rings. The molecule has 0 aliphatic heterocycles. The Morgan fingerprint density at radius 1 is 1.08 bits per heavy atom. The van der Waals surface area contributed by atoms with Crippen molar-refractivity contribution in [3.05, 3.63) is 65.2 Å². The van der Waals surface area contributed by atoms with E-state index in [-0.39, 0.29) is 17.9 Å². The van der Waals surface area contributed by atoms with Crippen LogP contribution < -0.4 is 5.32 Å². The van der Waals surface area contributed by atoms with E-state index < -0.39 is 5.41 Å². The second-order valence-corrected chi connectivity index (χ2v) is 7.44. The van der Waals surface area contributed by atoms with Gasteiger partial charge in [0.15, 0.2) is 0 Å². The number of anilines is 1. The lowest BCUT2D eigenvalue weighted by molar-refractivity contribution is -0.144. The highest BCUT2D eigenvalue weighted by Gasteiger charge is 2.58. The van der Waals surface area contributed by atoms with Gasteiger partial charge in [-0.1, -0.05) is 54.1 Å². The summed E-state index contributed by atoms with van der Waals surface area (Å²) < 4.78 is 0. The number of rotatable bonds is 6. The van der Waals surface area contributed by atoms with E-state index in [1.807, 2.05) is 44.2 Å². The molecule has 0 saturated heterocycles. The van der Waals surface area contributed by atoms with Crippen LogP contribution in [0.2, 0.25) is 5.02 Å². The third-order valence-electron chi connectivity index (χ3n) is 4.80. The molecule has 2 aromatic carbocycles. The number of benzene rings is 2. The minimum Gasteiger partial charge on any atom is -0.335 e. The molecule has 0 unspecified atom stereocenters. The Balaban J connectivity index is 1.77. The number of nitrogens with zero attached hydrogens (tertiary/aromatic N) is 1. The van der Waals surface area contributed by atoms with E-state index >= 15 is 0 Å². The minimum atomic E-state index is -0.974. The zero-order valence-corrected chi connectivity index (χ0v) is 15.8. The fourth-order valence-electron chi connectivity index (χ4n) is 3.01. The van der Waals surface area contributed by atoms with Crippen LogP contribution in [0.1, 0.15) is 32.3 Å². The zero-order chi connectivity index (χ0) is 18.7. The molecule has 1 N–H and O–H groups in total.